The molecule has 1 aliphatic heterocycles. The second-order valence-electron chi connectivity index (χ2n) is 2.23. The summed E-state index contributed by atoms with van der Waals surface area (Å²) in [5.74, 6) is 0.579. The molecule has 1 saturated heterocycles. The van der Waals surface area contributed by atoms with Gasteiger partial charge in [0.15, 0.2) is 0 Å². The Kier molecular flexibility index (Phi) is 1.86. The lowest BCUT2D eigenvalue weighted by atomic mass is 10.2. The van der Waals surface area contributed by atoms with Gasteiger partial charge in [0.2, 0.25) is 0 Å². The van der Waals surface area contributed by atoms with E-state index in [0.717, 1.165) is 13.1 Å². The monoisotopic (exact) mass is 114 g/mol. The molecule has 1 heterocycles. The lowest BCUT2D eigenvalue weighted by molar-refractivity contribution is -0.113. The van der Waals surface area contributed by atoms with Crippen molar-refractivity contribution in [1.82, 2.24) is 5.06 Å². The van der Waals surface area contributed by atoms with Crippen LogP contribution in [0.1, 0.15) is 6.42 Å². The maximum absolute atomic E-state index is 4.97. The third kappa shape index (κ3) is 1.20. The first-order valence-corrected chi connectivity index (χ1v) is 2.95. The van der Waals surface area contributed by atoms with Gasteiger partial charge in [0, 0.05) is 13.1 Å². The number of nitrogens with zero attached hydrogens (tertiary/aromatic N) is 1. The van der Waals surface area contributed by atoms with E-state index in [9.17, 15) is 0 Å². The molecule has 2 heteroatoms. The summed E-state index contributed by atoms with van der Waals surface area (Å²) < 4.78 is 0. The van der Waals surface area contributed by atoms with E-state index in [2.05, 4.69) is 6.92 Å². The standard InChI is InChI=1S/C6H12NO/c1-6-3-4-7(5-6)8-2/h6H,1,3-5H2,2H3. The van der Waals surface area contributed by atoms with E-state index in [-0.39, 0.29) is 0 Å². The van der Waals surface area contributed by atoms with Gasteiger partial charge in [0.1, 0.15) is 0 Å². The normalized spacial score (nSPS) is 31.5. The summed E-state index contributed by atoms with van der Waals surface area (Å²) in [6.45, 7) is 5.96. The van der Waals surface area contributed by atoms with Crippen LogP contribution >= 0.6 is 0 Å². The van der Waals surface area contributed by atoms with Gasteiger partial charge < -0.3 is 4.84 Å². The molecular formula is C6H12NO. The van der Waals surface area contributed by atoms with Gasteiger partial charge in [-0.15, -0.1) is 0 Å². The Morgan fingerprint density at radius 2 is 2.50 bits per heavy atom. The van der Waals surface area contributed by atoms with Crippen LogP contribution in [0.3, 0.4) is 0 Å². The predicted molar refractivity (Wildman–Crippen MR) is 32.0 cm³/mol. The molecule has 8 heavy (non-hydrogen) atoms. The third-order valence-corrected chi connectivity index (χ3v) is 1.51. The van der Waals surface area contributed by atoms with Gasteiger partial charge in [-0.1, -0.05) is 0 Å². The van der Waals surface area contributed by atoms with E-state index in [1.54, 1.807) is 7.11 Å². The highest BCUT2D eigenvalue weighted by Crippen LogP contribution is 2.13. The highest BCUT2D eigenvalue weighted by molar-refractivity contribution is 4.71. The smallest absolute Gasteiger partial charge is 0.0575 e. The summed E-state index contributed by atoms with van der Waals surface area (Å²) in [7, 11) is 1.71. The van der Waals surface area contributed by atoms with Crippen LogP contribution in [-0.4, -0.2) is 25.3 Å². The molecule has 1 radical (unpaired) electrons. The van der Waals surface area contributed by atoms with E-state index in [4.69, 9.17) is 4.84 Å². The van der Waals surface area contributed by atoms with Gasteiger partial charge in [-0.25, -0.2) is 0 Å². The van der Waals surface area contributed by atoms with Crippen molar-refractivity contribution in [3.05, 3.63) is 6.92 Å². The lowest BCUT2D eigenvalue weighted by Crippen LogP contribution is -2.17. The fourth-order valence-corrected chi connectivity index (χ4v) is 0.963. The molecule has 0 saturated carbocycles. The molecule has 47 valence electrons. The number of hydroxylamine groups is 2. The van der Waals surface area contributed by atoms with E-state index < -0.39 is 0 Å². The van der Waals surface area contributed by atoms with Crippen LogP contribution in [0.25, 0.3) is 0 Å². The highest BCUT2D eigenvalue weighted by Gasteiger charge is 2.17. The Morgan fingerprint density at radius 3 is 2.75 bits per heavy atom. The molecule has 0 aliphatic carbocycles. The van der Waals surface area contributed by atoms with Gasteiger partial charge in [-0.05, 0) is 19.3 Å². The van der Waals surface area contributed by atoms with Crippen molar-refractivity contribution < 1.29 is 4.84 Å². The Balaban J connectivity index is 2.22. The van der Waals surface area contributed by atoms with Crippen molar-refractivity contribution in [2.75, 3.05) is 20.2 Å². The second-order valence-corrected chi connectivity index (χ2v) is 2.23. The first-order chi connectivity index (χ1) is 3.83. The Labute approximate surface area is 50.4 Å². The van der Waals surface area contributed by atoms with Crippen LogP contribution in [0.15, 0.2) is 0 Å². The van der Waals surface area contributed by atoms with E-state index >= 15 is 0 Å². The molecule has 0 amide bonds. The first kappa shape index (κ1) is 6.05. The third-order valence-electron chi connectivity index (χ3n) is 1.51. The van der Waals surface area contributed by atoms with Crippen LogP contribution in [0, 0.1) is 12.8 Å². The van der Waals surface area contributed by atoms with Gasteiger partial charge in [0.05, 0.1) is 7.11 Å². The highest BCUT2D eigenvalue weighted by atomic mass is 16.7. The van der Waals surface area contributed by atoms with Crippen molar-refractivity contribution in [3.8, 4) is 0 Å². The van der Waals surface area contributed by atoms with Crippen LogP contribution in [-0.2, 0) is 4.84 Å². The molecular weight excluding hydrogens is 102 g/mol. The number of rotatable bonds is 1. The first-order valence-electron chi connectivity index (χ1n) is 2.95. The molecule has 0 N–H and O–H groups in total. The topological polar surface area (TPSA) is 12.5 Å². The van der Waals surface area contributed by atoms with Crippen LogP contribution in [0.4, 0.5) is 0 Å². The molecule has 0 aromatic heterocycles. The summed E-state index contributed by atoms with van der Waals surface area (Å²) in [5, 5.41) is 1.94. The second kappa shape index (κ2) is 2.46. The van der Waals surface area contributed by atoms with E-state index in [1.807, 2.05) is 5.06 Å². The Bertz CT molecular complexity index is 74.9. The molecule has 1 atom stereocenters. The van der Waals surface area contributed by atoms with Crippen molar-refractivity contribution in [1.29, 1.82) is 0 Å². The maximum atomic E-state index is 4.97. The van der Waals surface area contributed by atoms with Gasteiger partial charge >= 0.3 is 0 Å². The van der Waals surface area contributed by atoms with Crippen molar-refractivity contribution in [2.24, 2.45) is 5.92 Å². The zero-order chi connectivity index (χ0) is 5.98. The quantitative estimate of drug-likeness (QED) is 0.497. The summed E-state index contributed by atoms with van der Waals surface area (Å²) in [6.07, 6.45) is 1.17. The summed E-state index contributed by atoms with van der Waals surface area (Å²) in [5.41, 5.74) is 0. The minimum Gasteiger partial charge on any atom is -0.302 e. The minimum absolute atomic E-state index is 0.579. The SMILES string of the molecule is [CH2]C1CCN(OC)C1. The van der Waals surface area contributed by atoms with E-state index in [0.29, 0.717) is 5.92 Å². The Hall–Kier alpha value is -0.0800. The molecule has 2 nitrogen and oxygen atoms in total. The number of hydrogen-bond acceptors (Lipinski definition) is 2. The summed E-state index contributed by atoms with van der Waals surface area (Å²) >= 11 is 0. The molecule has 1 unspecified atom stereocenters. The van der Waals surface area contributed by atoms with Crippen LogP contribution in [0.5, 0.6) is 0 Å². The number of hydrogen-bond donors (Lipinski definition) is 0. The lowest BCUT2D eigenvalue weighted by Gasteiger charge is -2.09. The molecule has 0 aromatic rings. The van der Waals surface area contributed by atoms with Crippen LogP contribution in [0.2, 0.25) is 0 Å². The molecule has 0 bridgehead atoms. The zero-order valence-electron chi connectivity index (χ0n) is 5.26. The van der Waals surface area contributed by atoms with Crippen molar-refractivity contribution in [2.45, 2.75) is 6.42 Å². The Morgan fingerprint density at radius 1 is 1.75 bits per heavy atom. The summed E-state index contributed by atoms with van der Waals surface area (Å²) in [4.78, 5) is 4.97. The fraction of sp³-hybridized carbons (Fsp3) is 0.833. The summed E-state index contributed by atoms with van der Waals surface area (Å²) in [6, 6.07) is 0. The average molecular weight is 114 g/mol. The van der Waals surface area contributed by atoms with Gasteiger partial charge in [0.25, 0.3) is 0 Å². The molecule has 1 aliphatic rings. The van der Waals surface area contributed by atoms with Gasteiger partial charge in [-0.3, -0.25) is 0 Å². The molecule has 1 fully saturated rings. The van der Waals surface area contributed by atoms with Crippen molar-refractivity contribution in [3.63, 3.8) is 0 Å². The van der Waals surface area contributed by atoms with Crippen molar-refractivity contribution >= 4 is 0 Å². The maximum Gasteiger partial charge on any atom is 0.0575 e. The van der Waals surface area contributed by atoms with Gasteiger partial charge in [-0.2, -0.15) is 5.06 Å². The minimum atomic E-state index is 0.579. The largest absolute Gasteiger partial charge is 0.302 e. The average Bonchev–Trinajstić information content (AvgIpc) is 2.14. The zero-order valence-corrected chi connectivity index (χ0v) is 5.26. The van der Waals surface area contributed by atoms with Crippen LogP contribution < -0.4 is 0 Å². The van der Waals surface area contributed by atoms with E-state index in [1.165, 1.54) is 6.42 Å². The molecule has 1 rings (SSSR count). The molecule has 0 spiro atoms. The predicted octanol–water partition coefficient (Wildman–Crippen LogP) is 0.704. The molecule has 0 aromatic carbocycles. The fourth-order valence-electron chi connectivity index (χ4n) is 0.963.